The van der Waals surface area contributed by atoms with Crippen LogP contribution < -0.4 is 10.1 Å². The molecule has 0 spiro atoms. The summed E-state index contributed by atoms with van der Waals surface area (Å²) in [5.74, 6) is 1.37. The van der Waals surface area contributed by atoms with E-state index in [4.69, 9.17) is 4.74 Å². The molecule has 0 heterocycles. The first-order valence-electron chi connectivity index (χ1n) is 7.41. The van der Waals surface area contributed by atoms with Gasteiger partial charge in [0.05, 0.1) is 13.2 Å². The van der Waals surface area contributed by atoms with E-state index in [1.165, 1.54) is 5.56 Å². The Bertz CT molecular complexity index is 443. The van der Waals surface area contributed by atoms with Crippen molar-refractivity contribution in [3.63, 3.8) is 0 Å². The number of carbonyl (C=O) groups is 1. The zero-order valence-electron chi connectivity index (χ0n) is 13.3. The molecular weight excluding hydrogens is 250 g/mol. The van der Waals surface area contributed by atoms with Crippen LogP contribution in [0.1, 0.15) is 57.2 Å². The lowest BCUT2D eigenvalue weighted by molar-refractivity contribution is -0.122. The van der Waals surface area contributed by atoms with Gasteiger partial charge in [0, 0.05) is 12.0 Å². The summed E-state index contributed by atoms with van der Waals surface area (Å²) in [7, 11) is 1.66. The van der Waals surface area contributed by atoms with Gasteiger partial charge in [0.2, 0.25) is 5.91 Å². The van der Waals surface area contributed by atoms with Crippen LogP contribution in [0.3, 0.4) is 0 Å². The Balaban J connectivity index is 2.68. The highest BCUT2D eigenvalue weighted by Crippen LogP contribution is 2.26. The average molecular weight is 277 g/mol. The van der Waals surface area contributed by atoms with E-state index >= 15 is 0 Å². The van der Waals surface area contributed by atoms with E-state index in [1.807, 2.05) is 26.0 Å². The standard InChI is InChI=1S/C17H27NO2/c1-6-7-12(2)11-17(19)18-14(4)15-10-13(3)8-9-16(15)20-5/h8-10,12,14H,6-7,11H2,1-5H3,(H,18,19). The smallest absolute Gasteiger partial charge is 0.220 e. The molecule has 0 fully saturated rings. The van der Waals surface area contributed by atoms with Crippen molar-refractivity contribution in [2.45, 2.75) is 53.0 Å². The Labute approximate surface area is 122 Å². The summed E-state index contributed by atoms with van der Waals surface area (Å²) in [4.78, 5) is 12.0. The highest BCUT2D eigenvalue weighted by atomic mass is 16.5. The Hall–Kier alpha value is -1.51. The molecule has 112 valence electrons. The number of carbonyl (C=O) groups excluding carboxylic acids is 1. The van der Waals surface area contributed by atoms with Crippen molar-refractivity contribution in [3.05, 3.63) is 29.3 Å². The van der Waals surface area contributed by atoms with Crippen molar-refractivity contribution in [1.29, 1.82) is 0 Å². The van der Waals surface area contributed by atoms with Crippen molar-refractivity contribution in [2.24, 2.45) is 5.92 Å². The molecule has 1 aromatic carbocycles. The number of rotatable bonds is 7. The molecule has 0 aliphatic heterocycles. The molecule has 0 saturated heterocycles. The van der Waals surface area contributed by atoms with Crippen LogP contribution in [-0.2, 0) is 4.79 Å². The minimum Gasteiger partial charge on any atom is -0.496 e. The third-order valence-corrected chi connectivity index (χ3v) is 3.54. The molecular formula is C17H27NO2. The second-order valence-corrected chi connectivity index (χ2v) is 5.63. The van der Waals surface area contributed by atoms with Gasteiger partial charge in [0.15, 0.2) is 0 Å². The van der Waals surface area contributed by atoms with E-state index in [9.17, 15) is 4.79 Å². The molecule has 0 bridgehead atoms. The van der Waals surface area contributed by atoms with Crippen LogP contribution in [0, 0.1) is 12.8 Å². The molecule has 1 rings (SSSR count). The quantitative estimate of drug-likeness (QED) is 0.818. The summed E-state index contributed by atoms with van der Waals surface area (Å²) in [6, 6.07) is 6.00. The van der Waals surface area contributed by atoms with Gasteiger partial charge in [-0.1, -0.05) is 44.4 Å². The fourth-order valence-corrected chi connectivity index (χ4v) is 2.48. The summed E-state index contributed by atoms with van der Waals surface area (Å²) < 4.78 is 5.37. The molecule has 3 nitrogen and oxygen atoms in total. The summed E-state index contributed by atoms with van der Waals surface area (Å²) in [6.45, 7) is 8.32. The zero-order chi connectivity index (χ0) is 15.1. The van der Waals surface area contributed by atoms with E-state index in [0.717, 1.165) is 24.2 Å². The van der Waals surface area contributed by atoms with Gasteiger partial charge in [-0.2, -0.15) is 0 Å². The maximum atomic E-state index is 12.0. The number of ether oxygens (including phenoxy) is 1. The van der Waals surface area contributed by atoms with Gasteiger partial charge in [-0.15, -0.1) is 0 Å². The number of aryl methyl sites for hydroxylation is 1. The molecule has 0 radical (unpaired) electrons. The van der Waals surface area contributed by atoms with E-state index in [2.05, 4.69) is 25.2 Å². The molecule has 0 aliphatic rings. The highest BCUT2D eigenvalue weighted by Gasteiger charge is 2.15. The number of hydrogen-bond acceptors (Lipinski definition) is 2. The van der Waals surface area contributed by atoms with Crippen molar-refractivity contribution < 1.29 is 9.53 Å². The average Bonchev–Trinajstić information content (AvgIpc) is 2.38. The lowest BCUT2D eigenvalue weighted by atomic mass is 10.0. The zero-order valence-corrected chi connectivity index (χ0v) is 13.3. The predicted octanol–water partition coefficient (Wildman–Crippen LogP) is 4.01. The van der Waals surface area contributed by atoms with Crippen LogP contribution in [-0.4, -0.2) is 13.0 Å². The normalized spacial score (nSPS) is 13.7. The van der Waals surface area contributed by atoms with Gasteiger partial charge in [-0.3, -0.25) is 4.79 Å². The van der Waals surface area contributed by atoms with E-state index in [-0.39, 0.29) is 11.9 Å². The summed E-state index contributed by atoms with van der Waals surface area (Å²) in [5, 5.41) is 3.07. The first-order chi connectivity index (χ1) is 9.47. The molecule has 1 aromatic rings. The van der Waals surface area contributed by atoms with Gasteiger partial charge >= 0.3 is 0 Å². The SMILES string of the molecule is CCCC(C)CC(=O)NC(C)c1cc(C)ccc1OC. The van der Waals surface area contributed by atoms with Crippen molar-refractivity contribution in [1.82, 2.24) is 5.32 Å². The molecule has 3 heteroatoms. The number of nitrogens with one attached hydrogen (secondary N) is 1. The van der Waals surface area contributed by atoms with Gasteiger partial charge in [-0.05, 0) is 25.8 Å². The monoisotopic (exact) mass is 277 g/mol. The molecule has 0 saturated carbocycles. The maximum absolute atomic E-state index is 12.0. The molecule has 2 unspecified atom stereocenters. The first-order valence-corrected chi connectivity index (χ1v) is 7.41. The predicted molar refractivity (Wildman–Crippen MR) is 83.0 cm³/mol. The van der Waals surface area contributed by atoms with Crippen molar-refractivity contribution in [3.8, 4) is 5.75 Å². The Kier molecular flexibility index (Phi) is 6.56. The Morgan fingerprint density at radius 2 is 2.05 bits per heavy atom. The lowest BCUT2D eigenvalue weighted by Gasteiger charge is -2.19. The van der Waals surface area contributed by atoms with Crippen molar-refractivity contribution >= 4 is 5.91 Å². The van der Waals surface area contributed by atoms with Crippen LogP contribution >= 0.6 is 0 Å². The van der Waals surface area contributed by atoms with Gasteiger partial charge in [0.1, 0.15) is 5.75 Å². The summed E-state index contributed by atoms with van der Waals surface area (Å²) in [6.07, 6.45) is 2.80. The fourth-order valence-electron chi connectivity index (χ4n) is 2.48. The second-order valence-electron chi connectivity index (χ2n) is 5.63. The minimum absolute atomic E-state index is 0.0359. The van der Waals surface area contributed by atoms with Crippen LogP contribution in [0.5, 0.6) is 5.75 Å². The molecule has 2 atom stereocenters. The Morgan fingerprint density at radius 1 is 1.35 bits per heavy atom. The summed E-state index contributed by atoms with van der Waals surface area (Å²) in [5.41, 5.74) is 2.20. The van der Waals surface area contributed by atoms with E-state index < -0.39 is 0 Å². The lowest BCUT2D eigenvalue weighted by Crippen LogP contribution is -2.28. The van der Waals surface area contributed by atoms with Crippen LogP contribution in [0.4, 0.5) is 0 Å². The molecule has 1 amide bonds. The molecule has 20 heavy (non-hydrogen) atoms. The number of methoxy groups -OCH3 is 1. The number of hydrogen-bond donors (Lipinski definition) is 1. The molecule has 0 aromatic heterocycles. The van der Waals surface area contributed by atoms with Crippen LogP contribution in [0.25, 0.3) is 0 Å². The fraction of sp³-hybridized carbons (Fsp3) is 0.588. The number of amides is 1. The summed E-state index contributed by atoms with van der Waals surface area (Å²) >= 11 is 0. The van der Waals surface area contributed by atoms with Gasteiger partial charge in [-0.25, -0.2) is 0 Å². The Morgan fingerprint density at radius 3 is 2.65 bits per heavy atom. The third kappa shape index (κ3) is 4.87. The van der Waals surface area contributed by atoms with Gasteiger partial charge < -0.3 is 10.1 Å². The van der Waals surface area contributed by atoms with E-state index in [1.54, 1.807) is 7.11 Å². The first kappa shape index (κ1) is 16.5. The second kappa shape index (κ2) is 7.93. The van der Waals surface area contributed by atoms with Gasteiger partial charge in [0.25, 0.3) is 0 Å². The van der Waals surface area contributed by atoms with Crippen molar-refractivity contribution in [2.75, 3.05) is 7.11 Å². The van der Waals surface area contributed by atoms with Crippen LogP contribution in [0.15, 0.2) is 18.2 Å². The largest absolute Gasteiger partial charge is 0.496 e. The third-order valence-electron chi connectivity index (χ3n) is 3.54. The highest BCUT2D eigenvalue weighted by molar-refractivity contribution is 5.76. The maximum Gasteiger partial charge on any atom is 0.220 e. The molecule has 1 N–H and O–H groups in total. The van der Waals surface area contributed by atoms with E-state index in [0.29, 0.717) is 12.3 Å². The minimum atomic E-state index is -0.0359. The topological polar surface area (TPSA) is 38.3 Å². The number of benzene rings is 1. The van der Waals surface area contributed by atoms with Crippen LogP contribution in [0.2, 0.25) is 0 Å². The molecule has 0 aliphatic carbocycles.